The maximum absolute atomic E-state index is 13.1. The highest BCUT2D eigenvalue weighted by Gasteiger charge is 2.41. The zero-order valence-electron chi connectivity index (χ0n) is 19.9. The maximum atomic E-state index is 13.1. The highest BCUT2D eigenvalue weighted by molar-refractivity contribution is 5.68. The van der Waals surface area contributed by atoms with Crippen LogP contribution in [0.5, 0.6) is 0 Å². The molecule has 0 spiro atoms. The standard InChI is InChI=1S/C25H47NO4/c1-4-7-8-9-10-11-16-21-26(22(27)29-24(5-2)17-12-13-18-24)23(28)30-25(6-3)19-14-15-20-25/h22,27H,4-21H2,1-3H3. The van der Waals surface area contributed by atoms with Gasteiger partial charge in [0.25, 0.3) is 0 Å². The summed E-state index contributed by atoms with van der Waals surface area (Å²) in [5, 5.41) is 10.9. The van der Waals surface area contributed by atoms with Gasteiger partial charge in [0.15, 0.2) is 0 Å². The topological polar surface area (TPSA) is 59.0 Å². The Hall–Kier alpha value is -0.810. The van der Waals surface area contributed by atoms with Gasteiger partial charge in [-0.25, -0.2) is 4.79 Å². The van der Waals surface area contributed by atoms with Gasteiger partial charge in [-0.1, -0.05) is 72.1 Å². The minimum Gasteiger partial charge on any atom is -0.443 e. The van der Waals surface area contributed by atoms with E-state index in [1.165, 1.54) is 37.0 Å². The summed E-state index contributed by atoms with van der Waals surface area (Å²) < 4.78 is 12.2. The number of amides is 1. The van der Waals surface area contributed by atoms with Crippen LogP contribution in [0.15, 0.2) is 0 Å². The van der Waals surface area contributed by atoms with Crippen molar-refractivity contribution in [3.63, 3.8) is 0 Å². The molecule has 2 rings (SSSR count). The predicted molar refractivity (Wildman–Crippen MR) is 121 cm³/mol. The molecule has 0 bridgehead atoms. The Balaban J connectivity index is 1.95. The van der Waals surface area contributed by atoms with E-state index in [4.69, 9.17) is 9.47 Å². The molecule has 30 heavy (non-hydrogen) atoms. The van der Waals surface area contributed by atoms with Crippen molar-refractivity contribution >= 4 is 6.09 Å². The second-order valence-corrected chi connectivity index (χ2v) is 9.61. The number of hydrogen-bond acceptors (Lipinski definition) is 4. The van der Waals surface area contributed by atoms with Crippen LogP contribution < -0.4 is 0 Å². The minimum atomic E-state index is -1.22. The number of aliphatic hydroxyl groups excluding tert-OH is 1. The van der Waals surface area contributed by atoms with E-state index in [0.717, 1.165) is 77.0 Å². The van der Waals surface area contributed by atoms with Crippen LogP contribution in [0.4, 0.5) is 4.79 Å². The third-order valence-corrected chi connectivity index (χ3v) is 7.48. The summed E-state index contributed by atoms with van der Waals surface area (Å²) >= 11 is 0. The molecule has 5 heteroatoms. The molecule has 2 saturated carbocycles. The van der Waals surface area contributed by atoms with E-state index in [9.17, 15) is 9.90 Å². The van der Waals surface area contributed by atoms with Crippen LogP contribution in [0.2, 0.25) is 0 Å². The van der Waals surface area contributed by atoms with Crippen molar-refractivity contribution in [2.45, 2.75) is 148 Å². The number of rotatable bonds is 14. The van der Waals surface area contributed by atoms with Gasteiger partial charge in [-0.05, 0) is 57.8 Å². The lowest BCUT2D eigenvalue weighted by Crippen LogP contribution is -2.49. The van der Waals surface area contributed by atoms with Crippen LogP contribution in [-0.4, -0.2) is 40.3 Å². The molecule has 0 heterocycles. The Labute approximate surface area is 184 Å². The molecule has 0 saturated heterocycles. The lowest BCUT2D eigenvalue weighted by molar-refractivity contribution is -0.244. The first-order valence-electron chi connectivity index (χ1n) is 12.9. The molecule has 2 fully saturated rings. The number of carbonyl (C=O) groups is 1. The molecule has 0 aromatic carbocycles. The van der Waals surface area contributed by atoms with Crippen LogP contribution in [0.1, 0.15) is 130 Å². The van der Waals surface area contributed by atoms with Crippen molar-refractivity contribution in [2.24, 2.45) is 0 Å². The van der Waals surface area contributed by atoms with Crippen molar-refractivity contribution in [1.82, 2.24) is 4.90 Å². The highest BCUT2D eigenvalue weighted by Crippen LogP contribution is 2.38. The van der Waals surface area contributed by atoms with E-state index in [-0.39, 0.29) is 11.2 Å². The summed E-state index contributed by atoms with van der Waals surface area (Å²) in [4.78, 5) is 14.6. The van der Waals surface area contributed by atoms with Crippen molar-refractivity contribution in [2.75, 3.05) is 6.54 Å². The molecule has 2 aliphatic rings. The molecule has 1 amide bonds. The number of nitrogens with zero attached hydrogens (tertiary/aromatic N) is 1. The van der Waals surface area contributed by atoms with Gasteiger partial charge in [0, 0.05) is 6.54 Å². The van der Waals surface area contributed by atoms with Gasteiger partial charge in [0.2, 0.25) is 6.41 Å². The van der Waals surface area contributed by atoms with Crippen molar-refractivity contribution in [3.05, 3.63) is 0 Å². The fraction of sp³-hybridized carbons (Fsp3) is 0.960. The molecule has 5 nitrogen and oxygen atoms in total. The van der Waals surface area contributed by atoms with Gasteiger partial charge in [-0.2, -0.15) is 0 Å². The molecular formula is C25H47NO4. The first kappa shape index (κ1) is 25.5. The lowest BCUT2D eigenvalue weighted by Gasteiger charge is -2.37. The zero-order valence-corrected chi connectivity index (χ0v) is 19.9. The van der Waals surface area contributed by atoms with Crippen molar-refractivity contribution in [1.29, 1.82) is 0 Å². The van der Waals surface area contributed by atoms with Gasteiger partial charge in [0.1, 0.15) is 5.60 Å². The smallest absolute Gasteiger partial charge is 0.414 e. The number of ether oxygens (including phenoxy) is 2. The molecule has 1 unspecified atom stereocenters. The maximum Gasteiger partial charge on any atom is 0.414 e. The molecule has 0 aromatic rings. The second kappa shape index (κ2) is 12.9. The Bertz CT molecular complexity index is 484. The third-order valence-electron chi connectivity index (χ3n) is 7.48. The summed E-state index contributed by atoms with van der Waals surface area (Å²) in [5.74, 6) is 0. The van der Waals surface area contributed by atoms with E-state index in [1.54, 1.807) is 0 Å². The van der Waals surface area contributed by atoms with Gasteiger partial charge in [-0.3, -0.25) is 4.90 Å². The van der Waals surface area contributed by atoms with Crippen LogP contribution >= 0.6 is 0 Å². The first-order chi connectivity index (χ1) is 14.5. The normalized spacial score (nSPS) is 20.9. The zero-order chi connectivity index (χ0) is 21.9. The number of hydrogen-bond donors (Lipinski definition) is 1. The molecular weight excluding hydrogens is 378 g/mol. The fourth-order valence-electron chi connectivity index (χ4n) is 5.18. The minimum absolute atomic E-state index is 0.298. The van der Waals surface area contributed by atoms with Crippen molar-refractivity contribution < 1.29 is 19.4 Å². The largest absolute Gasteiger partial charge is 0.443 e. The summed E-state index contributed by atoms with van der Waals surface area (Å²) in [6, 6.07) is 0. The molecule has 0 aliphatic heterocycles. The third kappa shape index (κ3) is 7.40. The summed E-state index contributed by atoms with van der Waals surface area (Å²) in [7, 11) is 0. The SMILES string of the molecule is CCCCCCCCCN(C(=O)OC1(CC)CCCC1)C(O)OC1(CC)CCCC1. The van der Waals surface area contributed by atoms with Crippen LogP contribution in [0, 0.1) is 0 Å². The van der Waals surface area contributed by atoms with E-state index < -0.39 is 12.5 Å². The Morgan fingerprint density at radius 1 is 0.833 bits per heavy atom. The molecule has 1 atom stereocenters. The average Bonchev–Trinajstić information content (AvgIpc) is 3.40. The van der Waals surface area contributed by atoms with Crippen molar-refractivity contribution in [3.8, 4) is 0 Å². The van der Waals surface area contributed by atoms with E-state index in [0.29, 0.717) is 6.54 Å². The van der Waals surface area contributed by atoms with Crippen LogP contribution in [0.25, 0.3) is 0 Å². The first-order valence-corrected chi connectivity index (χ1v) is 12.9. The lowest BCUT2D eigenvalue weighted by atomic mass is 9.99. The summed E-state index contributed by atoms with van der Waals surface area (Å²) in [6.45, 7) is 6.93. The molecule has 0 radical (unpaired) electrons. The Morgan fingerprint density at radius 2 is 1.33 bits per heavy atom. The highest BCUT2D eigenvalue weighted by atomic mass is 16.7. The van der Waals surface area contributed by atoms with Gasteiger partial charge in [-0.15, -0.1) is 0 Å². The number of unbranched alkanes of at least 4 members (excludes halogenated alkanes) is 6. The van der Waals surface area contributed by atoms with Crippen LogP contribution in [0.3, 0.4) is 0 Å². The number of aliphatic hydroxyl groups is 1. The van der Waals surface area contributed by atoms with Gasteiger partial charge >= 0.3 is 6.09 Å². The van der Waals surface area contributed by atoms with Gasteiger partial charge < -0.3 is 14.6 Å². The van der Waals surface area contributed by atoms with E-state index >= 15 is 0 Å². The molecule has 0 aromatic heterocycles. The second-order valence-electron chi connectivity index (χ2n) is 9.61. The Kier molecular flexibility index (Phi) is 10.9. The Morgan fingerprint density at radius 3 is 1.87 bits per heavy atom. The van der Waals surface area contributed by atoms with Crippen LogP contribution in [-0.2, 0) is 9.47 Å². The van der Waals surface area contributed by atoms with E-state index in [2.05, 4.69) is 20.8 Å². The van der Waals surface area contributed by atoms with E-state index in [1.807, 2.05) is 0 Å². The fourth-order valence-corrected chi connectivity index (χ4v) is 5.18. The average molecular weight is 426 g/mol. The predicted octanol–water partition coefficient (Wildman–Crippen LogP) is 6.91. The monoisotopic (exact) mass is 425 g/mol. The molecule has 1 N–H and O–H groups in total. The summed E-state index contributed by atoms with van der Waals surface area (Å²) in [6.07, 6.45) is 16.5. The molecule has 176 valence electrons. The number of carbonyl (C=O) groups excluding carboxylic acids is 1. The molecule has 2 aliphatic carbocycles. The quantitative estimate of drug-likeness (QED) is 0.242. The van der Waals surface area contributed by atoms with Gasteiger partial charge in [0.05, 0.1) is 5.60 Å². The summed E-state index contributed by atoms with van der Waals surface area (Å²) in [5.41, 5.74) is -0.654.